The zero-order valence-electron chi connectivity index (χ0n) is 13.7. The molecule has 0 aliphatic carbocycles. The Labute approximate surface area is 128 Å². The highest BCUT2D eigenvalue weighted by molar-refractivity contribution is 5.11. The maximum Gasteiger partial charge on any atom is 0.0625 e. The van der Waals surface area contributed by atoms with Gasteiger partial charge in [0.1, 0.15) is 0 Å². The van der Waals surface area contributed by atoms with Crippen LogP contribution in [0.2, 0.25) is 0 Å². The molecule has 1 atom stereocenters. The van der Waals surface area contributed by atoms with Gasteiger partial charge in [-0.05, 0) is 63.6 Å². The van der Waals surface area contributed by atoms with Crippen LogP contribution in [0.25, 0.3) is 0 Å². The van der Waals surface area contributed by atoms with Gasteiger partial charge < -0.3 is 5.32 Å². The summed E-state index contributed by atoms with van der Waals surface area (Å²) in [4.78, 5) is 2.67. The number of hydrogen-bond donors (Lipinski definition) is 1. The van der Waals surface area contributed by atoms with Crippen molar-refractivity contribution < 1.29 is 0 Å². The number of nitrogens with zero attached hydrogens (tertiary/aromatic N) is 3. The Bertz CT molecular complexity index is 454. The SMILES string of the molecule is CCc1cc(CN2CCCC3(CCCNC3)C2)n(CC)n1. The summed E-state index contributed by atoms with van der Waals surface area (Å²) in [6.45, 7) is 11.4. The molecule has 0 aromatic carbocycles. The van der Waals surface area contributed by atoms with Crippen LogP contribution in [0.5, 0.6) is 0 Å². The predicted molar refractivity (Wildman–Crippen MR) is 86.3 cm³/mol. The quantitative estimate of drug-likeness (QED) is 0.924. The topological polar surface area (TPSA) is 33.1 Å². The second kappa shape index (κ2) is 6.49. The Kier molecular flexibility index (Phi) is 4.65. The molecule has 0 saturated carbocycles. The Balaban J connectivity index is 1.68. The second-order valence-electron chi connectivity index (χ2n) is 6.89. The highest BCUT2D eigenvalue weighted by Crippen LogP contribution is 2.36. The number of likely N-dealkylation sites (tertiary alicyclic amines) is 1. The van der Waals surface area contributed by atoms with Gasteiger partial charge >= 0.3 is 0 Å². The average molecular weight is 290 g/mol. The third kappa shape index (κ3) is 3.32. The van der Waals surface area contributed by atoms with E-state index in [-0.39, 0.29) is 0 Å². The van der Waals surface area contributed by atoms with Gasteiger partial charge in [-0.1, -0.05) is 6.92 Å². The summed E-state index contributed by atoms with van der Waals surface area (Å²) in [5.41, 5.74) is 3.18. The van der Waals surface area contributed by atoms with E-state index >= 15 is 0 Å². The zero-order chi connectivity index (χ0) is 14.7. The Morgan fingerprint density at radius 1 is 1.29 bits per heavy atom. The van der Waals surface area contributed by atoms with Crippen LogP contribution in [-0.4, -0.2) is 40.9 Å². The van der Waals surface area contributed by atoms with E-state index in [0.717, 1.165) is 19.5 Å². The first-order valence-corrected chi connectivity index (χ1v) is 8.73. The van der Waals surface area contributed by atoms with Gasteiger partial charge in [-0.3, -0.25) is 9.58 Å². The van der Waals surface area contributed by atoms with Crippen molar-refractivity contribution in [2.75, 3.05) is 26.2 Å². The molecule has 0 bridgehead atoms. The van der Waals surface area contributed by atoms with Crippen LogP contribution < -0.4 is 5.32 Å². The van der Waals surface area contributed by atoms with Crippen molar-refractivity contribution in [3.05, 3.63) is 17.5 Å². The van der Waals surface area contributed by atoms with Gasteiger partial charge in [0.15, 0.2) is 0 Å². The van der Waals surface area contributed by atoms with Crippen molar-refractivity contribution in [1.82, 2.24) is 20.0 Å². The molecule has 4 heteroatoms. The summed E-state index contributed by atoms with van der Waals surface area (Å²) in [5.74, 6) is 0. The molecule has 2 saturated heterocycles. The summed E-state index contributed by atoms with van der Waals surface area (Å²) >= 11 is 0. The summed E-state index contributed by atoms with van der Waals surface area (Å²) < 4.78 is 2.19. The fourth-order valence-electron chi connectivity index (χ4n) is 4.14. The maximum atomic E-state index is 4.69. The molecule has 2 fully saturated rings. The van der Waals surface area contributed by atoms with Crippen molar-refractivity contribution >= 4 is 0 Å². The summed E-state index contributed by atoms with van der Waals surface area (Å²) in [6, 6.07) is 2.31. The van der Waals surface area contributed by atoms with E-state index in [1.54, 1.807) is 0 Å². The highest BCUT2D eigenvalue weighted by Gasteiger charge is 2.36. The normalized spacial score (nSPS) is 27.3. The van der Waals surface area contributed by atoms with E-state index in [9.17, 15) is 0 Å². The minimum absolute atomic E-state index is 0.543. The van der Waals surface area contributed by atoms with Crippen LogP contribution in [0.4, 0.5) is 0 Å². The lowest BCUT2D eigenvalue weighted by atomic mass is 9.74. The average Bonchev–Trinajstić information content (AvgIpc) is 2.90. The molecule has 1 aromatic heterocycles. The first kappa shape index (κ1) is 15.0. The molecule has 1 unspecified atom stereocenters. The van der Waals surface area contributed by atoms with Crippen LogP contribution in [0.1, 0.15) is 50.9 Å². The molecule has 3 heterocycles. The van der Waals surface area contributed by atoms with Crippen LogP contribution in [0.3, 0.4) is 0 Å². The molecule has 0 amide bonds. The van der Waals surface area contributed by atoms with Crippen molar-refractivity contribution in [3.63, 3.8) is 0 Å². The fraction of sp³-hybridized carbons (Fsp3) is 0.824. The first-order valence-electron chi connectivity index (χ1n) is 8.73. The number of aromatic nitrogens is 2. The van der Waals surface area contributed by atoms with Crippen LogP contribution >= 0.6 is 0 Å². The van der Waals surface area contributed by atoms with E-state index in [4.69, 9.17) is 5.10 Å². The molecule has 21 heavy (non-hydrogen) atoms. The van der Waals surface area contributed by atoms with Crippen molar-refractivity contribution in [2.45, 2.75) is 59.0 Å². The van der Waals surface area contributed by atoms with Gasteiger partial charge in [0, 0.05) is 26.2 Å². The van der Waals surface area contributed by atoms with Crippen LogP contribution in [-0.2, 0) is 19.5 Å². The van der Waals surface area contributed by atoms with Gasteiger partial charge in [0.25, 0.3) is 0 Å². The molecule has 1 N–H and O–H groups in total. The highest BCUT2D eigenvalue weighted by atomic mass is 15.3. The molecular formula is C17H30N4. The van der Waals surface area contributed by atoms with E-state index in [1.165, 1.54) is 63.3 Å². The van der Waals surface area contributed by atoms with E-state index < -0.39 is 0 Å². The number of aryl methyl sites for hydroxylation is 2. The minimum Gasteiger partial charge on any atom is -0.316 e. The molecule has 1 spiro atoms. The Hall–Kier alpha value is -0.870. The minimum atomic E-state index is 0.543. The Morgan fingerprint density at radius 3 is 2.86 bits per heavy atom. The number of hydrogen-bond acceptors (Lipinski definition) is 3. The summed E-state index contributed by atoms with van der Waals surface area (Å²) in [6.07, 6.45) is 6.55. The Morgan fingerprint density at radius 2 is 2.14 bits per heavy atom. The zero-order valence-corrected chi connectivity index (χ0v) is 13.7. The summed E-state index contributed by atoms with van der Waals surface area (Å²) in [5, 5.41) is 8.32. The summed E-state index contributed by atoms with van der Waals surface area (Å²) in [7, 11) is 0. The fourth-order valence-corrected chi connectivity index (χ4v) is 4.14. The van der Waals surface area contributed by atoms with E-state index in [0.29, 0.717) is 5.41 Å². The van der Waals surface area contributed by atoms with E-state index in [1.807, 2.05) is 0 Å². The number of rotatable bonds is 4. The largest absolute Gasteiger partial charge is 0.316 e. The van der Waals surface area contributed by atoms with Gasteiger partial charge in [-0.2, -0.15) is 5.10 Å². The lowest BCUT2D eigenvalue weighted by molar-refractivity contribution is 0.0585. The molecule has 4 nitrogen and oxygen atoms in total. The van der Waals surface area contributed by atoms with Crippen molar-refractivity contribution in [3.8, 4) is 0 Å². The second-order valence-corrected chi connectivity index (χ2v) is 6.89. The van der Waals surface area contributed by atoms with Gasteiger partial charge in [0.05, 0.1) is 11.4 Å². The van der Waals surface area contributed by atoms with Gasteiger partial charge in [0.2, 0.25) is 0 Å². The molecule has 3 rings (SSSR count). The standard InChI is InChI=1S/C17H30N4/c1-3-15-11-16(21(4-2)19-15)12-20-10-6-8-17(14-20)7-5-9-18-13-17/h11,18H,3-10,12-14H2,1-2H3. The first-order chi connectivity index (χ1) is 10.2. The predicted octanol–water partition coefficient (Wildman–Crippen LogP) is 2.43. The number of piperidine rings is 2. The van der Waals surface area contributed by atoms with Crippen molar-refractivity contribution in [1.29, 1.82) is 0 Å². The number of nitrogens with one attached hydrogen (secondary N) is 1. The van der Waals surface area contributed by atoms with Crippen LogP contribution in [0.15, 0.2) is 6.07 Å². The van der Waals surface area contributed by atoms with Crippen LogP contribution in [0, 0.1) is 5.41 Å². The molecular weight excluding hydrogens is 260 g/mol. The third-order valence-corrected chi connectivity index (χ3v) is 5.26. The van der Waals surface area contributed by atoms with Gasteiger partial charge in [-0.15, -0.1) is 0 Å². The maximum absolute atomic E-state index is 4.69. The molecule has 1 aromatic rings. The van der Waals surface area contributed by atoms with E-state index in [2.05, 4.69) is 34.8 Å². The molecule has 2 aliphatic rings. The van der Waals surface area contributed by atoms with Gasteiger partial charge in [-0.25, -0.2) is 0 Å². The molecule has 0 radical (unpaired) electrons. The lowest BCUT2D eigenvalue weighted by Crippen LogP contribution is -2.50. The molecule has 118 valence electrons. The third-order valence-electron chi connectivity index (χ3n) is 5.26. The smallest absolute Gasteiger partial charge is 0.0625 e. The molecule has 2 aliphatic heterocycles. The van der Waals surface area contributed by atoms with Crippen molar-refractivity contribution in [2.24, 2.45) is 5.41 Å². The monoisotopic (exact) mass is 290 g/mol. The lowest BCUT2D eigenvalue weighted by Gasteiger charge is -2.45.